The van der Waals surface area contributed by atoms with Crippen LogP contribution in [0.2, 0.25) is 0 Å². The Morgan fingerprint density at radius 1 is 1.07 bits per heavy atom. The molecule has 0 unspecified atom stereocenters. The Kier molecular flexibility index (Phi) is 4.42. The van der Waals surface area contributed by atoms with Gasteiger partial charge in [-0.25, -0.2) is 4.39 Å². The van der Waals surface area contributed by atoms with Crippen LogP contribution in [0.1, 0.15) is 36.6 Å². The van der Waals surface area contributed by atoms with E-state index in [0.29, 0.717) is 35.5 Å². The second kappa shape index (κ2) is 7.01. The van der Waals surface area contributed by atoms with Gasteiger partial charge < -0.3 is 14.5 Å². The Morgan fingerprint density at radius 3 is 2.67 bits per heavy atom. The molecule has 0 spiro atoms. The molecule has 4 aromatic rings. The predicted octanol–water partition coefficient (Wildman–Crippen LogP) is 5.94. The first-order valence-electron chi connectivity index (χ1n) is 10.3. The highest BCUT2D eigenvalue weighted by Gasteiger charge is 2.38. The Morgan fingerprint density at radius 2 is 1.90 bits per heavy atom. The summed E-state index contributed by atoms with van der Waals surface area (Å²) in [4.78, 5) is 7.71. The molecule has 2 aromatic carbocycles. The SMILES string of the molecule is COc1cc2c(Cc3ccc4[nH]c(C)cc4c3F)ccnc2cc1OCC1(C)CC1. The third-order valence-electron chi connectivity index (χ3n) is 6.13. The fourth-order valence-corrected chi connectivity index (χ4v) is 3.94. The van der Waals surface area contributed by atoms with Crippen LogP contribution in [0.5, 0.6) is 11.5 Å². The number of rotatable bonds is 6. The van der Waals surface area contributed by atoms with Crippen molar-refractivity contribution in [2.45, 2.75) is 33.1 Å². The molecule has 1 N–H and O–H groups in total. The third kappa shape index (κ3) is 3.38. The molecule has 0 aliphatic heterocycles. The number of methoxy groups -OCH3 is 1. The van der Waals surface area contributed by atoms with Gasteiger partial charge in [0.2, 0.25) is 0 Å². The molecular weight excluding hydrogens is 379 g/mol. The Balaban J connectivity index is 1.52. The van der Waals surface area contributed by atoms with Crippen LogP contribution in [0.3, 0.4) is 0 Å². The topological polar surface area (TPSA) is 47.1 Å². The first-order chi connectivity index (χ1) is 14.5. The summed E-state index contributed by atoms with van der Waals surface area (Å²) in [5.41, 5.74) is 4.54. The van der Waals surface area contributed by atoms with Gasteiger partial charge in [0.1, 0.15) is 5.82 Å². The number of fused-ring (bicyclic) bond motifs is 2. The number of aromatic nitrogens is 2. The Labute approximate surface area is 175 Å². The van der Waals surface area contributed by atoms with Gasteiger partial charge in [-0.05, 0) is 55.2 Å². The number of hydrogen-bond acceptors (Lipinski definition) is 3. The molecule has 0 saturated heterocycles. The van der Waals surface area contributed by atoms with Gasteiger partial charge in [-0.3, -0.25) is 4.98 Å². The van der Waals surface area contributed by atoms with Crippen LogP contribution >= 0.6 is 0 Å². The fraction of sp³-hybridized carbons (Fsp3) is 0.320. The van der Waals surface area contributed by atoms with Gasteiger partial charge in [0.15, 0.2) is 11.5 Å². The normalized spacial score (nSPS) is 14.9. The van der Waals surface area contributed by atoms with Crippen molar-refractivity contribution in [1.29, 1.82) is 0 Å². The minimum absolute atomic E-state index is 0.175. The largest absolute Gasteiger partial charge is 0.493 e. The smallest absolute Gasteiger partial charge is 0.163 e. The Bertz CT molecular complexity index is 1260. The van der Waals surface area contributed by atoms with E-state index in [1.54, 1.807) is 13.3 Å². The molecule has 5 heteroatoms. The van der Waals surface area contributed by atoms with E-state index >= 15 is 4.39 Å². The zero-order chi connectivity index (χ0) is 20.9. The molecule has 0 bridgehead atoms. The second-order valence-corrected chi connectivity index (χ2v) is 8.72. The summed E-state index contributed by atoms with van der Waals surface area (Å²) in [5.74, 6) is 1.21. The summed E-state index contributed by atoms with van der Waals surface area (Å²) in [6, 6.07) is 11.5. The molecule has 1 fully saturated rings. The van der Waals surface area contributed by atoms with E-state index in [9.17, 15) is 0 Å². The Hall–Kier alpha value is -3.08. The van der Waals surface area contributed by atoms with Crippen molar-refractivity contribution < 1.29 is 13.9 Å². The molecule has 4 nitrogen and oxygen atoms in total. The molecule has 2 heterocycles. The van der Waals surface area contributed by atoms with Crippen LogP contribution in [-0.2, 0) is 6.42 Å². The number of H-pyrrole nitrogens is 1. The first kappa shape index (κ1) is 18.9. The maximum atomic E-state index is 15.1. The van der Waals surface area contributed by atoms with Crippen molar-refractivity contribution in [2.24, 2.45) is 5.41 Å². The highest BCUT2D eigenvalue weighted by molar-refractivity contribution is 5.86. The van der Waals surface area contributed by atoms with Gasteiger partial charge in [-0.2, -0.15) is 0 Å². The van der Waals surface area contributed by atoms with Crippen LogP contribution in [-0.4, -0.2) is 23.7 Å². The lowest BCUT2D eigenvalue weighted by atomic mass is 9.99. The molecule has 5 rings (SSSR count). The van der Waals surface area contributed by atoms with Gasteiger partial charge in [0, 0.05) is 46.1 Å². The lowest BCUT2D eigenvalue weighted by Crippen LogP contribution is -2.09. The molecule has 0 radical (unpaired) electrons. The fourth-order valence-electron chi connectivity index (χ4n) is 3.94. The third-order valence-corrected chi connectivity index (χ3v) is 6.13. The maximum Gasteiger partial charge on any atom is 0.163 e. The number of halogens is 1. The van der Waals surface area contributed by atoms with Crippen molar-refractivity contribution >= 4 is 21.8 Å². The van der Waals surface area contributed by atoms with E-state index in [1.165, 1.54) is 12.8 Å². The summed E-state index contributed by atoms with van der Waals surface area (Å²) in [7, 11) is 1.64. The maximum absolute atomic E-state index is 15.1. The average Bonchev–Trinajstić information content (AvgIpc) is 3.35. The second-order valence-electron chi connectivity index (χ2n) is 8.72. The number of hydrogen-bond donors (Lipinski definition) is 1. The number of aryl methyl sites for hydroxylation is 1. The monoisotopic (exact) mass is 404 g/mol. The summed E-state index contributed by atoms with van der Waals surface area (Å²) >= 11 is 0. The highest BCUT2D eigenvalue weighted by atomic mass is 19.1. The van der Waals surface area contributed by atoms with Gasteiger partial charge in [-0.1, -0.05) is 13.0 Å². The number of ether oxygens (including phenoxy) is 2. The molecule has 1 saturated carbocycles. The number of nitrogens with one attached hydrogen (secondary N) is 1. The molecule has 30 heavy (non-hydrogen) atoms. The van der Waals surface area contributed by atoms with Gasteiger partial charge in [-0.15, -0.1) is 0 Å². The van der Waals surface area contributed by atoms with Crippen LogP contribution in [0.15, 0.2) is 42.6 Å². The van der Waals surface area contributed by atoms with Crippen LogP contribution in [0.4, 0.5) is 4.39 Å². The summed E-state index contributed by atoms with van der Waals surface area (Å²) in [6.07, 6.45) is 4.64. The van der Waals surface area contributed by atoms with E-state index in [-0.39, 0.29) is 11.2 Å². The molecule has 154 valence electrons. The van der Waals surface area contributed by atoms with E-state index in [1.807, 2.05) is 43.3 Å². The highest BCUT2D eigenvalue weighted by Crippen LogP contribution is 2.46. The van der Waals surface area contributed by atoms with Crippen LogP contribution in [0.25, 0.3) is 21.8 Å². The average molecular weight is 404 g/mol. The molecule has 1 aliphatic rings. The molecular formula is C25H25FN2O2. The number of nitrogens with zero attached hydrogens (tertiary/aromatic N) is 1. The van der Waals surface area contributed by atoms with Crippen molar-refractivity contribution in [3.8, 4) is 11.5 Å². The summed E-state index contributed by atoms with van der Waals surface area (Å²) in [5, 5.41) is 1.58. The van der Waals surface area contributed by atoms with E-state index < -0.39 is 0 Å². The number of benzene rings is 2. The van der Waals surface area contributed by atoms with E-state index in [2.05, 4.69) is 16.9 Å². The first-order valence-corrected chi connectivity index (χ1v) is 10.3. The molecule has 0 amide bonds. The molecule has 2 aromatic heterocycles. The van der Waals surface area contributed by atoms with Crippen molar-refractivity contribution in [3.63, 3.8) is 0 Å². The lowest BCUT2D eigenvalue weighted by molar-refractivity contribution is 0.236. The van der Waals surface area contributed by atoms with E-state index in [0.717, 1.165) is 27.7 Å². The van der Waals surface area contributed by atoms with Gasteiger partial charge in [0.05, 0.1) is 19.2 Å². The van der Waals surface area contributed by atoms with Crippen molar-refractivity contribution in [2.75, 3.05) is 13.7 Å². The van der Waals surface area contributed by atoms with E-state index in [4.69, 9.17) is 9.47 Å². The molecule has 0 atom stereocenters. The quantitative estimate of drug-likeness (QED) is 0.432. The number of aromatic amines is 1. The summed E-state index contributed by atoms with van der Waals surface area (Å²) in [6.45, 7) is 4.84. The summed E-state index contributed by atoms with van der Waals surface area (Å²) < 4.78 is 26.8. The zero-order valence-electron chi connectivity index (χ0n) is 17.5. The van der Waals surface area contributed by atoms with Crippen LogP contribution < -0.4 is 9.47 Å². The van der Waals surface area contributed by atoms with Crippen LogP contribution in [0, 0.1) is 18.2 Å². The number of pyridine rings is 1. The van der Waals surface area contributed by atoms with Gasteiger partial charge in [0.25, 0.3) is 0 Å². The molecule has 1 aliphatic carbocycles. The minimum atomic E-state index is -0.175. The standard InChI is InChI=1S/C25H25FN2O2/c1-15-10-19-20(28-15)5-4-17(24(19)26)11-16-6-9-27-21-13-23(22(29-3)12-18(16)21)30-14-25(2)7-8-25/h4-6,9-10,12-13,28H,7-8,11,14H2,1-3H3. The van der Waals surface area contributed by atoms with Crippen molar-refractivity contribution in [1.82, 2.24) is 9.97 Å². The predicted molar refractivity (Wildman–Crippen MR) is 117 cm³/mol. The van der Waals surface area contributed by atoms with Crippen molar-refractivity contribution in [3.05, 3.63) is 65.2 Å². The minimum Gasteiger partial charge on any atom is -0.493 e. The zero-order valence-corrected chi connectivity index (χ0v) is 17.5. The lowest BCUT2D eigenvalue weighted by Gasteiger charge is -2.16. The van der Waals surface area contributed by atoms with Gasteiger partial charge >= 0.3 is 0 Å².